The van der Waals surface area contributed by atoms with E-state index in [4.69, 9.17) is 31.2 Å². The van der Waals surface area contributed by atoms with Crippen LogP contribution in [-0.4, -0.2) is 46.6 Å². The van der Waals surface area contributed by atoms with Crippen LogP contribution in [0.4, 0.5) is 0 Å². The van der Waals surface area contributed by atoms with Crippen LogP contribution >= 0.6 is 23.4 Å². The molecule has 11 heteroatoms. The molecule has 0 radical (unpaired) electrons. The molecule has 2 aromatic rings. The number of esters is 1. The third-order valence-corrected chi connectivity index (χ3v) is 5.82. The first-order valence-electron chi connectivity index (χ1n) is 10.1. The van der Waals surface area contributed by atoms with E-state index in [2.05, 4.69) is 10.1 Å². The van der Waals surface area contributed by atoms with Gasteiger partial charge in [0, 0.05) is 0 Å². The topological polar surface area (TPSA) is 114 Å². The molecule has 0 fully saturated rings. The zero-order valence-corrected chi connectivity index (χ0v) is 20.0. The van der Waals surface area contributed by atoms with Crippen molar-refractivity contribution in [2.75, 3.05) is 13.7 Å². The molecule has 0 spiro atoms. The lowest BCUT2D eigenvalue weighted by Gasteiger charge is -2.20. The van der Waals surface area contributed by atoms with Crippen molar-refractivity contribution in [3.63, 3.8) is 0 Å². The van der Waals surface area contributed by atoms with Crippen molar-refractivity contribution in [2.45, 2.75) is 13.8 Å². The molecule has 0 unspecified atom stereocenters. The average molecular weight is 499 g/mol. The van der Waals surface area contributed by atoms with Gasteiger partial charge in [0.05, 0.1) is 34.9 Å². The Bertz CT molecular complexity index is 1290. The number of carbonyl (C=O) groups excluding carboxylic acids is 2. The van der Waals surface area contributed by atoms with Crippen molar-refractivity contribution < 1.29 is 23.8 Å². The molecule has 9 nitrogen and oxygen atoms in total. The highest BCUT2D eigenvalue weighted by molar-refractivity contribution is 8.26. The molecule has 34 heavy (non-hydrogen) atoms. The molecule has 2 aliphatic rings. The van der Waals surface area contributed by atoms with E-state index in [9.17, 15) is 9.59 Å². The van der Waals surface area contributed by atoms with Gasteiger partial charge in [0.2, 0.25) is 5.17 Å². The number of aliphatic imine (C=N–C) groups is 1. The SMILES string of the molecule is CCOc1cc(C=C2C(=N)N3N=C(C)SC3=NC2=O)cc(Cl)c1OC(=O)c1ccc(OC)cc1. The lowest BCUT2D eigenvalue weighted by Crippen LogP contribution is -2.35. The number of hydrogen-bond acceptors (Lipinski definition) is 8. The maximum absolute atomic E-state index is 12.6. The predicted octanol–water partition coefficient (Wildman–Crippen LogP) is 4.61. The third kappa shape index (κ3) is 4.68. The summed E-state index contributed by atoms with van der Waals surface area (Å²) in [5.74, 6) is -0.403. The van der Waals surface area contributed by atoms with E-state index in [1.165, 1.54) is 36.0 Å². The molecular weight excluding hydrogens is 480 g/mol. The van der Waals surface area contributed by atoms with Gasteiger partial charge in [0.15, 0.2) is 17.3 Å². The first-order valence-corrected chi connectivity index (χ1v) is 11.3. The molecule has 0 atom stereocenters. The maximum Gasteiger partial charge on any atom is 0.343 e. The smallest absolute Gasteiger partial charge is 0.343 e. The standard InChI is InChI=1S/C23H19ClN4O5S/c1-4-32-18-11-13(9-16-20(25)28-23(26-21(16)29)34-12(2)27-28)10-17(24)19(18)33-22(30)14-5-7-15(31-3)8-6-14/h5-11,25H,4H2,1-3H3. The van der Waals surface area contributed by atoms with Crippen LogP contribution < -0.4 is 14.2 Å². The molecule has 0 saturated carbocycles. The number of ether oxygens (including phenoxy) is 3. The molecule has 0 bridgehead atoms. The number of fused-ring (bicyclic) bond motifs is 1. The summed E-state index contributed by atoms with van der Waals surface area (Å²) in [6.07, 6.45) is 1.47. The lowest BCUT2D eigenvalue weighted by atomic mass is 10.1. The van der Waals surface area contributed by atoms with E-state index in [1.54, 1.807) is 44.2 Å². The van der Waals surface area contributed by atoms with E-state index in [0.29, 0.717) is 27.1 Å². The van der Waals surface area contributed by atoms with Gasteiger partial charge in [-0.15, -0.1) is 0 Å². The van der Waals surface area contributed by atoms with Gasteiger partial charge in [-0.2, -0.15) is 15.1 Å². The first-order chi connectivity index (χ1) is 16.3. The van der Waals surface area contributed by atoms with Crippen LogP contribution in [0.1, 0.15) is 29.8 Å². The van der Waals surface area contributed by atoms with Crippen molar-refractivity contribution in [3.05, 3.63) is 58.1 Å². The van der Waals surface area contributed by atoms with Crippen LogP contribution in [0.25, 0.3) is 6.08 Å². The number of amides is 1. The van der Waals surface area contributed by atoms with Crippen molar-refractivity contribution in [3.8, 4) is 17.2 Å². The number of benzene rings is 2. The maximum atomic E-state index is 12.6. The second-order valence-corrected chi connectivity index (χ2v) is 8.59. The van der Waals surface area contributed by atoms with Crippen LogP contribution in [0.15, 0.2) is 52.1 Å². The van der Waals surface area contributed by atoms with E-state index >= 15 is 0 Å². The Morgan fingerprint density at radius 3 is 2.68 bits per heavy atom. The van der Waals surface area contributed by atoms with Gasteiger partial charge in [-0.05, 0) is 73.6 Å². The molecule has 0 saturated heterocycles. The number of hydrazone groups is 1. The number of rotatable bonds is 6. The van der Waals surface area contributed by atoms with Gasteiger partial charge in [-0.1, -0.05) is 11.6 Å². The average Bonchev–Trinajstić information content (AvgIpc) is 3.19. The van der Waals surface area contributed by atoms with Gasteiger partial charge < -0.3 is 14.2 Å². The van der Waals surface area contributed by atoms with Crippen LogP contribution in [0.3, 0.4) is 0 Å². The number of amidine groups is 2. The molecule has 0 aliphatic carbocycles. The summed E-state index contributed by atoms with van der Waals surface area (Å²) in [4.78, 5) is 29.2. The molecule has 0 aromatic heterocycles. The number of thioether (sulfide) groups is 1. The van der Waals surface area contributed by atoms with Crippen LogP contribution in [0.5, 0.6) is 17.2 Å². The molecule has 2 aromatic carbocycles. The van der Waals surface area contributed by atoms with Gasteiger partial charge in [-0.25, -0.2) is 4.79 Å². The number of nitrogens with zero attached hydrogens (tertiary/aromatic N) is 3. The Balaban J connectivity index is 1.65. The monoisotopic (exact) mass is 498 g/mol. The Morgan fingerprint density at radius 2 is 2.00 bits per heavy atom. The fraction of sp³-hybridized carbons (Fsp3) is 0.174. The quantitative estimate of drug-likeness (QED) is 0.351. The Morgan fingerprint density at radius 1 is 1.26 bits per heavy atom. The summed E-state index contributed by atoms with van der Waals surface area (Å²) in [6.45, 7) is 3.83. The molecule has 1 N–H and O–H groups in total. The minimum atomic E-state index is -0.623. The zero-order valence-electron chi connectivity index (χ0n) is 18.4. The fourth-order valence-electron chi connectivity index (χ4n) is 3.17. The van der Waals surface area contributed by atoms with Crippen molar-refractivity contribution in [1.82, 2.24) is 5.01 Å². The highest BCUT2D eigenvalue weighted by Crippen LogP contribution is 2.38. The molecule has 4 rings (SSSR count). The van der Waals surface area contributed by atoms with Crippen LogP contribution in [0.2, 0.25) is 5.02 Å². The molecule has 2 heterocycles. The Hall–Kier alpha value is -3.63. The van der Waals surface area contributed by atoms with Crippen LogP contribution in [0, 0.1) is 5.41 Å². The van der Waals surface area contributed by atoms with E-state index in [-0.39, 0.29) is 34.5 Å². The molecular formula is C23H19ClN4O5S. The van der Waals surface area contributed by atoms with Crippen LogP contribution in [-0.2, 0) is 4.79 Å². The molecule has 174 valence electrons. The van der Waals surface area contributed by atoms with E-state index in [1.807, 2.05) is 0 Å². The van der Waals surface area contributed by atoms with E-state index in [0.717, 1.165) is 0 Å². The number of nitrogens with one attached hydrogen (secondary N) is 1. The van der Waals surface area contributed by atoms with Gasteiger partial charge >= 0.3 is 5.97 Å². The molecule has 1 amide bonds. The summed E-state index contributed by atoms with van der Waals surface area (Å²) < 4.78 is 16.3. The lowest BCUT2D eigenvalue weighted by molar-refractivity contribution is -0.114. The fourth-order valence-corrected chi connectivity index (χ4v) is 4.16. The second kappa shape index (κ2) is 9.70. The Labute approximate surface area is 204 Å². The summed E-state index contributed by atoms with van der Waals surface area (Å²) in [7, 11) is 1.53. The number of halogens is 1. The largest absolute Gasteiger partial charge is 0.497 e. The number of carbonyl (C=O) groups is 2. The Kier molecular flexibility index (Phi) is 6.71. The normalized spacial score (nSPS) is 16.2. The van der Waals surface area contributed by atoms with Crippen molar-refractivity contribution in [1.29, 1.82) is 5.41 Å². The zero-order chi connectivity index (χ0) is 24.4. The van der Waals surface area contributed by atoms with Gasteiger partial charge in [0.25, 0.3) is 5.91 Å². The predicted molar refractivity (Wildman–Crippen MR) is 131 cm³/mol. The van der Waals surface area contributed by atoms with Gasteiger partial charge in [0.1, 0.15) is 5.75 Å². The van der Waals surface area contributed by atoms with E-state index < -0.39 is 11.9 Å². The highest BCUT2D eigenvalue weighted by atomic mass is 35.5. The second-order valence-electron chi connectivity index (χ2n) is 7.02. The minimum absolute atomic E-state index is 0.0456. The highest BCUT2D eigenvalue weighted by Gasteiger charge is 2.34. The van der Waals surface area contributed by atoms with Gasteiger partial charge in [-0.3, -0.25) is 10.2 Å². The summed E-state index contributed by atoms with van der Waals surface area (Å²) in [5.41, 5.74) is 0.820. The summed E-state index contributed by atoms with van der Waals surface area (Å²) in [5, 5.41) is 15.0. The first kappa shape index (κ1) is 23.5. The van der Waals surface area contributed by atoms with Crippen molar-refractivity contribution >= 4 is 57.4 Å². The molecule has 2 aliphatic heterocycles. The van der Waals surface area contributed by atoms with Crippen molar-refractivity contribution in [2.24, 2.45) is 10.1 Å². The summed E-state index contributed by atoms with van der Waals surface area (Å²) in [6, 6.07) is 9.53. The number of hydrogen-bond donors (Lipinski definition) is 1. The minimum Gasteiger partial charge on any atom is -0.497 e. The number of methoxy groups -OCH3 is 1. The third-order valence-electron chi connectivity index (χ3n) is 4.72. The summed E-state index contributed by atoms with van der Waals surface area (Å²) >= 11 is 7.66.